The smallest absolute Gasteiger partial charge is 0.214 e. The lowest BCUT2D eigenvalue weighted by Gasteiger charge is -2.43. The molecule has 1 saturated heterocycles. The van der Waals surface area contributed by atoms with Crippen molar-refractivity contribution in [3.8, 4) is 0 Å². The summed E-state index contributed by atoms with van der Waals surface area (Å²) in [6.07, 6.45) is 4.81. The first-order chi connectivity index (χ1) is 13.4. The summed E-state index contributed by atoms with van der Waals surface area (Å²) in [6, 6.07) is 0.277. The van der Waals surface area contributed by atoms with Crippen LogP contribution >= 0.6 is 0 Å². The minimum absolute atomic E-state index is 0.163. The predicted octanol–water partition coefficient (Wildman–Crippen LogP) is 1.32. The van der Waals surface area contributed by atoms with Gasteiger partial charge in [-0.25, -0.2) is 18.4 Å². The first-order valence-corrected chi connectivity index (χ1v) is 11.2. The van der Waals surface area contributed by atoms with Gasteiger partial charge in [0, 0.05) is 38.9 Å². The minimum atomic E-state index is -3.29. The normalized spacial score (nSPS) is 25.9. The van der Waals surface area contributed by atoms with E-state index in [4.69, 9.17) is 9.47 Å². The Kier molecular flexibility index (Phi) is 6.69. The lowest BCUT2D eigenvalue weighted by atomic mass is 9.80. The summed E-state index contributed by atoms with van der Waals surface area (Å²) >= 11 is 0. The lowest BCUT2D eigenvalue weighted by molar-refractivity contribution is -0.0408. The second-order valence-electron chi connectivity index (χ2n) is 7.59. The molecule has 0 N–H and O–H groups in total. The van der Waals surface area contributed by atoms with Crippen molar-refractivity contribution in [2.24, 2.45) is 5.92 Å². The fourth-order valence-corrected chi connectivity index (χ4v) is 5.78. The van der Waals surface area contributed by atoms with Gasteiger partial charge in [-0.3, -0.25) is 0 Å². The fourth-order valence-electron chi connectivity index (χ4n) is 3.95. The van der Waals surface area contributed by atoms with Crippen molar-refractivity contribution in [3.05, 3.63) is 24.2 Å². The van der Waals surface area contributed by atoms with Crippen LogP contribution in [-0.4, -0.2) is 81.1 Å². The molecule has 8 nitrogen and oxygen atoms in total. The molecule has 28 heavy (non-hydrogen) atoms. The number of methoxy groups -OCH3 is 1. The van der Waals surface area contributed by atoms with Crippen molar-refractivity contribution in [2.45, 2.75) is 31.9 Å². The van der Waals surface area contributed by atoms with Crippen LogP contribution in [0.25, 0.3) is 6.08 Å². The summed E-state index contributed by atoms with van der Waals surface area (Å²) in [7, 11) is 0.307. The van der Waals surface area contributed by atoms with Gasteiger partial charge in [0.15, 0.2) is 0 Å². The topological polar surface area (TPSA) is 84.9 Å². The molecule has 9 heteroatoms. The van der Waals surface area contributed by atoms with E-state index in [-0.39, 0.29) is 23.8 Å². The van der Waals surface area contributed by atoms with Gasteiger partial charge < -0.3 is 14.4 Å². The van der Waals surface area contributed by atoms with Crippen LogP contribution in [0.1, 0.15) is 24.1 Å². The van der Waals surface area contributed by atoms with Crippen molar-refractivity contribution in [2.75, 3.05) is 51.1 Å². The monoisotopic (exact) mass is 410 g/mol. The van der Waals surface area contributed by atoms with Crippen LogP contribution in [0, 0.1) is 12.8 Å². The average Bonchev–Trinajstić information content (AvgIpc) is 2.64. The number of hydrogen-bond acceptors (Lipinski definition) is 7. The van der Waals surface area contributed by atoms with E-state index in [1.54, 1.807) is 23.8 Å². The molecule has 0 bridgehead atoms. The van der Waals surface area contributed by atoms with Crippen LogP contribution in [0.3, 0.4) is 0 Å². The van der Waals surface area contributed by atoms with Crippen LogP contribution in [0.15, 0.2) is 12.9 Å². The first-order valence-electron chi connectivity index (χ1n) is 9.61. The van der Waals surface area contributed by atoms with E-state index in [2.05, 4.69) is 21.4 Å². The highest BCUT2D eigenvalue weighted by atomic mass is 32.2. The van der Waals surface area contributed by atoms with Gasteiger partial charge in [-0.2, -0.15) is 4.31 Å². The maximum atomic E-state index is 12.8. The Bertz CT molecular complexity index is 793. The van der Waals surface area contributed by atoms with E-state index < -0.39 is 10.0 Å². The zero-order chi connectivity index (χ0) is 20.3. The third-order valence-corrected chi connectivity index (χ3v) is 7.66. The zero-order valence-electron chi connectivity index (χ0n) is 16.9. The van der Waals surface area contributed by atoms with E-state index in [0.29, 0.717) is 26.3 Å². The summed E-state index contributed by atoms with van der Waals surface area (Å²) in [4.78, 5) is 10.7. The van der Waals surface area contributed by atoms with Crippen LogP contribution < -0.4 is 4.90 Å². The number of nitrogens with zero attached hydrogens (tertiary/aromatic N) is 4. The highest BCUT2D eigenvalue weighted by Crippen LogP contribution is 2.36. The third-order valence-electron chi connectivity index (χ3n) is 5.65. The van der Waals surface area contributed by atoms with E-state index in [0.717, 1.165) is 29.9 Å². The van der Waals surface area contributed by atoms with Crippen molar-refractivity contribution in [1.29, 1.82) is 0 Å². The van der Waals surface area contributed by atoms with Crippen LogP contribution in [0.4, 0.5) is 5.82 Å². The molecule has 1 unspecified atom stereocenters. The Hall–Kier alpha value is -1.55. The molecular formula is C19H30N4O4S. The predicted molar refractivity (Wildman–Crippen MR) is 109 cm³/mol. The largest absolute Gasteiger partial charge is 0.382 e. The molecule has 1 aliphatic heterocycles. The van der Waals surface area contributed by atoms with E-state index >= 15 is 0 Å². The summed E-state index contributed by atoms with van der Waals surface area (Å²) in [6.45, 7) is 7.41. The highest BCUT2D eigenvalue weighted by Gasteiger charge is 2.39. The number of ether oxygens (including phenoxy) is 2. The molecule has 1 aromatic rings. The number of aryl methyl sites for hydroxylation is 1. The molecule has 1 saturated carbocycles. The number of sulfonamides is 1. The van der Waals surface area contributed by atoms with Gasteiger partial charge in [-0.05, 0) is 25.7 Å². The standard InChI is InChI=1S/C19H30N4O4S/c1-5-18-14(2)20-13-21-19(18)22(3)16-8-15(9-16)12-28(24,25)23-6-7-27-17(10-23)11-26-4/h5,13,15-17H,1,6-12H2,2-4H3/t15-,16+,17?. The molecule has 3 rings (SSSR count). The van der Waals surface area contributed by atoms with E-state index in [1.165, 1.54) is 0 Å². The molecule has 2 fully saturated rings. The molecule has 1 atom stereocenters. The molecule has 0 aromatic carbocycles. The Balaban J connectivity index is 1.56. The average molecular weight is 411 g/mol. The quantitative estimate of drug-likeness (QED) is 0.639. The van der Waals surface area contributed by atoms with Crippen LogP contribution in [0.2, 0.25) is 0 Å². The van der Waals surface area contributed by atoms with Crippen molar-refractivity contribution < 1.29 is 17.9 Å². The van der Waals surface area contributed by atoms with E-state index in [1.807, 2.05) is 14.0 Å². The van der Waals surface area contributed by atoms with Gasteiger partial charge in [0.05, 0.1) is 30.8 Å². The summed E-state index contributed by atoms with van der Waals surface area (Å²) in [5.74, 6) is 1.20. The second-order valence-corrected chi connectivity index (χ2v) is 9.60. The molecule has 156 valence electrons. The van der Waals surface area contributed by atoms with E-state index in [9.17, 15) is 8.42 Å². The van der Waals surface area contributed by atoms with Crippen molar-refractivity contribution >= 4 is 21.9 Å². The molecule has 0 radical (unpaired) electrons. The molecule has 2 heterocycles. The van der Waals surface area contributed by atoms with Crippen LogP contribution in [-0.2, 0) is 19.5 Å². The lowest BCUT2D eigenvalue weighted by Crippen LogP contribution is -2.51. The maximum absolute atomic E-state index is 12.8. The second kappa shape index (κ2) is 8.86. The van der Waals surface area contributed by atoms with Crippen LogP contribution in [0.5, 0.6) is 0 Å². The summed E-state index contributed by atoms with van der Waals surface area (Å²) in [5, 5.41) is 0. The fraction of sp³-hybridized carbons (Fsp3) is 0.684. The minimum Gasteiger partial charge on any atom is -0.382 e. The van der Waals surface area contributed by atoms with Crippen molar-refractivity contribution in [1.82, 2.24) is 14.3 Å². The Labute approximate surface area is 167 Å². The number of aromatic nitrogens is 2. The third kappa shape index (κ3) is 4.53. The zero-order valence-corrected chi connectivity index (χ0v) is 17.7. The van der Waals surface area contributed by atoms with Gasteiger partial charge in [0.1, 0.15) is 12.1 Å². The summed E-state index contributed by atoms with van der Waals surface area (Å²) in [5.41, 5.74) is 1.82. The maximum Gasteiger partial charge on any atom is 0.214 e. The summed E-state index contributed by atoms with van der Waals surface area (Å²) < 4.78 is 37.8. The van der Waals surface area contributed by atoms with Crippen molar-refractivity contribution in [3.63, 3.8) is 0 Å². The molecule has 0 amide bonds. The Morgan fingerprint density at radius 3 is 2.86 bits per heavy atom. The Morgan fingerprint density at radius 2 is 2.18 bits per heavy atom. The number of hydrogen-bond donors (Lipinski definition) is 0. The number of morpholine rings is 1. The van der Waals surface area contributed by atoms with Gasteiger partial charge in [0.25, 0.3) is 0 Å². The molecule has 1 aliphatic carbocycles. The number of anilines is 1. The van der Waals surface area contributed by atoms with Gasteiger partial charge >= 0.3 is 0 Å². The van der Waals surface area contributed by atoms with Gasteiger partial charge in [-0.1, -0.05) is 12.7 Å². The first kappa shape index (κ1) is 21.2. The SMILES string of the molecule is C=Cc1c(C)ncnc1N(C)[C@H]1C[C@@H](CS(=O)(=O)N2CCOC(COC)C2)C1. The van der Waals surface area contributed by atoms with Gasteiger partial charge in [-0.15, -0.1) is 0 Å². The Morgan fingerprint density at radius 1 is 1.43 bits per heavy atom. The van der Waals surface area contributed by atoms with Gasteiger partial charge in [0.2, 0.25) is 10.0 Å². The molecular weight excluding hydrogens is 380 g/mol. The molecule has 2 aliphatic rings. The number of rotatable bonds is 8. The molecule has 1 aromatic heterocycles. The molecule has 0 spiro atoms. The highest BCUT2D eigenvalue weighted by molar-refractivity contribution is 7.89.